The second-order valence-corrected chi connectivity index (χ2v) is 4.66. The molecule has 2 heterocycles. The van der Waals surface area contributed by atoms with Crippen LogP contribution >= 0.6 is 0 Å². The van der Waals surface area contributed by atoms with Gasteiger partial charge in [0.2, 0.25) is 0 Å². The monoisotopic (exact) mass is 255 g/mol. The first-order valence-electron chi connectivity index (χ1n) is 6.50. The van der Waals surface area contributed by atoms with E-state index in [1.54, 1.807) is 0 Å². The molecule has 0 saturated heterocycles. The molecule has 1 N–H and O–H groups in total. The number of hydrogen-bond acceptors (Lipinski definition) is 2. The Labute approximate surface area is 111 Å². The number of aliphatic hydroxyl groups excluding tert-OH is 1. The molecule has 0 fully saturated rings. The smallest absolute Gasteiger partial charge is 0.0702 e. The lowest BCUT2D eigenvalue weighted by Gasteiger charge is -2.07. The Kier molecular flexibility index (Phi) is 3.09. The average Bonchev–Trinajstić information content (AvgIpc) is 3.06. The number of fused-ring (bicyclic) bond motifs is 1. The fourth-order valence-corrected chi connectivity index (χ4v) is 2.46. The van der Waals surface area contributed by atoms with Gasteiger partial charge in [0.15, 0.2) is 0 Å². The highest BCUT2D eigenvalue weighted by molar-refractivity contribution is 5.83. The molecule has 98 valence electrons. The third-order valence-electron chi connectivity index (χ3n) is 3.41. The van der Waals surface area contributed by atoms with E-state index in [9.17, 15) is 5.11 Å². The van der Waals surface area contributed by atoms with Crippen molar-refractivity contribution in [2.75, 3.05) is 0 Å². The molecule has 3 rings (SSSR count). The molecule has 0 aliphatic rings. The van der Waals surface area contributed by atoms with Crippen molar-refractivity contribution in [3.8, 4) is 0 Å². The van der Waals surface area contributed by atoms with Crippen molar-refractivity contribution >= 4 is 10.9 Å². The van der Waals surface area contributed by atoms with E-state index < -0.39 is 0 Å². The van der Waals surface area contributed by atoms with Crippen LogP contribution in [0.4, 0.5) is 0 Å². The lowest BCUT2D eigenvalue weighted by Crippen LogP contribution is -1.99. The average molecular weight is 255 g/mol. The highest BCUT2D eigenvalue weighted by Crippen LogP contribution is 2.21. The van der Waals surface area contributed by atoms with Gasteiger partial charge < -0.3 is 9.67 Å². The van der Waals surface area contributed by atoms with Crippen molar-refractivity contribution in [2.45, 2.75) is 26.6 Å². The molecule has 0 aliphatic heterocycles. The molecule has 0 atom stereocenters. The standard InChI is InChI=1S/C15H17N3O/c1-2-18-10-12(8-16-18)9-17-7-6-13-4-3-5-14(11-19)15(13)17/h3-8,10,19H,2,9,11H2,1H3. The van der Waals surface area contributed by atoms with E-state index in [0.717, 1.165) is 29.6 Å². The van der Waals surface area contributed by atoms with E-state index in [0.29, 0.717) is 0 Å². The molecule has 4 heteroatoms. The lowest BCUT2D eigenvalue weighted by molar-refractivity contribution is 0.283. The Morgan fingerprint density at radius 3 is 2.89 bits per heavy atom. The van der Waals surface area contributed by atoms with Crippen molar-refractivity contribution in [1.82, 2.24) is 14.3 Å². The highest BCUT2D eigenvalue weighted by Gasteiger charge is 2.07. The summed E-state index contributed by atoms with van der Waals surface area (Å²) in [6, 6.07) is 8.10. The van der Waals surface area contributed by atoms with Crippen LogP contribution in [-0.2, 0) is 19.7 Å². The van der Waals surface area contributed by atoms with Gasteiger partial charge in [-0.25, -0.2) is 0 Å². The van der Waals surface area contributed by atoms with Gasteiger partial charge in [0.05, 0.1) is 24.9 Å². The van der Waals surface area contributed by atoms with Crippen LogP contribution in [0.5, 0.6) is 0 Å². The number of para-hydroxylation sites is 1. The molecule has 0 spiro atoms. The molecule has 19 heavy (non-hydrogen) atoms. The minimum atomic E-state index is 0.0651. The van der Waals surface area contributed by atoms with Gasteiger partial charge in [0, 0.05) is 30.1 Å². The number of nitrogens with zero attached hydrogens (tertiary/aromatic N) is 3. The van der Waals surface area contributed by atoms with Crippen LogP contribution in [0, 0.1) is 0 Å². The Bertz CT molecular complexity index is 696. The van der Waals surface area contributed by atoms with Crippen LogP contribution in [0.3, 0.4) is 0 Å². The number of benzene rings is 1. The number of aromatic nitrogens is 3. The molecule has 0 aliphatic carbocycles. The topological polar surface area (TPSA) is 43.0 Å². The van der Waals surface area contributed by atoms with E-state index >= 15 is 0 Å². The summed E-state index contributed by atoms with van der Waals surface area (Å²) >= 11 is 0. The van der Waals surface area contributed by atoms with Crippen molar-refractivity contribution in [3.63, 3.8) is 0 Å². The fraction of sp³-hybridized carbons (Fsp3) is 0.267. The molecular formula is C15H17N3O. The van der Waals surface area contributed by atoms with Gasteiger partial charge in [-0.1, -0.05) is 18.2 Å². The van der Waals surface area contributed by atoms with Crippen LogP contribution in [0.15, 0.2) is 42.9 Å². The van der Waals surface area contributed by atoms with Gasteiger partial charge in [-0.2, -0.15) is 5.10 Å². The molecule has 2 aromatic heterocycles. The second-order valence-electron chi connectivity index (χ2n) is 4.66. The van der Waals surface area contributed by atoms with Crippen LogP contribution in [0.25, 0.3) is 10.9 Å². The largest absolute Gasteiger partial charge is 0.392 e. The summed E-state index contributed by atoms with van der Waals surface area (Å²) in [4.78, 5) is 0. The fourth-order valence-electron chi connectivity index (χ4n) is 2.46. The van der Waals surface area contributed by atoms with Crippen LogP contribution in [-0.4, -0.2) is 19.5 Å². The zero-order chi connectivity index (χ0) is 13.2. The van der Waals surface area contributed by atoms with Gasteiger partial charge in [-0.15, -0.1) is 0 Å². The summed E-state index contributed by atoms with van der Waals surface area (Å²) < 4.78 is 4.09. The van der Waals surface area contributed by atoms with Crippen molar-refractivity contribution in [3.05, 3.63) is 54.0 Å². The Hall–Kier alpha value is -2.07. The zero-order valence-electron chi connectivity index (χ0n) is 11.0. The summed E-state index contributed by atoms with van der Waals surface area (Å²) in [5, 5.41) is 14.9. The molecular weight excluding hydrogens is 238 g/mol. The van der Waals surface area contributed by atoms with Gasteiger partial charge in [-0.05, 0) is 18.4 Å². The summed E-state index contributed by atoms with van der Waals surface area (Å²) in [6.45, 7) is 3.80. The van der Waals surface area contributed by atoms with Crippen LogP contribution < -0.4 is 0 Å². The molecule has 0 radical (unpaired) electrons. The first-order valence-corrected chi connectivity index (χ1v) is 6.50. The van der Waals surface area contributed by atoms with E-state index in [-0.39, 0.29) is 6.61 Å². The maximum Gasteiger partial charge on any atom is 0.0702 e. The number of aryl methyl sites for hydroxylation is 1. The van der Waals surface area contributed by atoms with E-state index in [1.165, 1.54) is 5.56 Å². The third kappa shape index (κ3) is 2.15. The lowest BCUT2D eigenvalue weighted by atomic mass is 10.1. The molecule has 0 amide bonds. The van der Waals surface area contributed by atoms with Gasteiger partial charge in [0.1, 0.15) is 0 Å². The number of rotatable bonds is 4. The minimum absolute atomic E-state index is 0.0651. The van der Waals surface area contributed by atoms with Gasteiger partial charge in [0.25, 0.3) is 0 Å². The normalized spacial score (nSPS) is 11.3. The molecule has 4 nitrogen and oxygen atoms in total. The minimum Gasteiger partial charge on any atom is -0.392 e. The number of aliphatic hydroxyl groups is 1. The maximum absolute atomic E-state index is 9.46. The molecule has 3 aromatic rings. The predicted octanol–water partition coefficient (Wildman–Crippen LogP) is 2.40. The molecule has 1 aromatic carbocycles. The van der Waals surface area contributed by atoms with E-state index in [2.05, 4.69) is 41.1 Å². The molecule has 0 unspecified atom stereocenters. The van der Waals surface area contributed by atoms with E-state index in [4.69, 9.17) is 0 Å². The summed E-state index contributed by atoms with van der Waals surface area (Å²) in [7, 11) is 0. The first kappa shape index (κ1) is 12.0. The third-order valence-corrected chi connectivity index (χ3v) is 3.41. The van der Waals surface area contributed by atoms with Crippen LogP contribution in [0.2, 0.25) is 0 Å². The van der Waals surface area contributed by atoms with Crippen molar-refractivity contribution < 1.29 is 5.11 Å². The van der Waals surface area contributed by atoms with E-state index in [1.807, 2.05) is 23.0 Å². The zero-order valence-corrected chi connectivity index (χ0v) is 11.0. The first-order chi connectivity index (χ1) is 9.31. The Balaban J connectivity index is 2.00. The summed E-state index contributed by atoms with van der Waals surface area (Å²) in [5.74, 6) is 0. The van der Waals surface area contributed by atoms with Crippen molar-refractivity contribution in [2.24, 2.45) is 0 Å². The van der Waals surface area contributed by atoms with Gasteiger partial charge in [-0.3, -0.25) is 4.68 Å². The summed E-state index contributed by atoms with van der Waals surface area (Å²) in [5.41, 5.74) is 3.24. The van der Waals surface area contributed by atoms with Crippen molar-refractivity contribution in [1.29, 1.82) is 0 Å². The predicted molar refractivity (Wildman–Crippen MR) is 74.9 cm³/mol. The SMILES string of the molecule is CCn1cc(Cn2ccc3cccc(CO)c32)cn1. The summed E-state index contributed by atoms with van der Waals surface area (Å²) in [6.07, 6.45) is 6.03. The highest BCUT2D eigenvalue weighted by atomic mass is 16.3. The number of hydrogen-bond donors (Lipinski definition) is 1. The molecule has 0 saturated carbocycles. The van der Waals surface area contributed by atoms with Crippen LogP contribution in [0.1, 0.15) is 18.1 Å². The quantitative estimate of drug-likeness (QED) is 0.778. The Morgan fingerprint density at radius 2 is 2.16 bits per heavy atom. The van der Waals surface area contributed by atoms with Gasteiger partial charge >= 0.3 is 0 Å². The maximum atomic E-state index is 9.46. The second kappa shape index (κ2) is 4.90. The molecule has 0 bridgehead atoms. The Morgan fingerprint density at radius 1 is 1.26 bits per heavy atom.